The molecule has 1 unspecified atom stereocenters. The van der Waals surface area contributed by atoms with Gasteiger partial charge < -0.3 is 9.64 Å². The minimum Gasteiger partial charge on any atom is -0.378 e. The highest BCUT2D eigenvalue weighted by Crippen LogP contribution is 2.22. The van der Waals surface area contributed by atoms with E-state index in [0.717, 1.165) is 16.6 Å². The predicted octanol–water partition coefficient (Wildman–Crippen LogP) is 0.839. The topological polar surface area (TPSA) is 66.9 Å². The number of anilines is 1. The van der Waals surface area contributed by atoms with Crippen molar-refractivity contribution in [2.75, 3.05) is 36.9 Å². The van der Waals surface area contributed by atoms with Crippen LogP contribution in [0.5, 0.6) is 0 Å². The molecule has 0 spiro atoms. The van der Waals surface area contributed by atoms with Crippen LogP contribution in [0.4, 0.5) is 10.1 Å². The van der Waals surface area contributed by atoms with E-state index in [1.807, 2.05) is 0 Å². The Morgan fingerprint density at radius 2 is 2.00 bits per heavy atom. The van der Waals surface area contributed by atoms with Crippen molar-refractivity contribution < 1.29 is 22.3 Å². The van der Waals surface area contributed by atoms with Crippen LogP contribution in [-0.4, -0.2) is 57.8 Å². The quantitative estimate of drug-likeness (QED) is 0.820. The summed E-state index contributed by atoms with van der Waals surface area (Å²) in [5.41, 5.74) is 0.136. The van der Waals surface area contributed by atoms with E-state index in [4.69, 9.17) is 4.74 Å². The molecule has 1 aromatic carbocycles. The molecule has 1 amide bonds. The molecule has 2 rings (SSSR count). The zero-order valence-electron chi connectivity index (χ0n) is 12.5. The van der Waals surface area contributed by atoms with Crippen molar-refractivity contribution in [3.05, 3.63) is 30.1 Å². The second-order valence-corrected chi connectivity index (χ2v) is 7.01. The zero-order chi connectivity index (χ0) is 16.3. The number of amides is 1. The highest BCUT2D eigenvalue weighted by molar-refractivity contribution is 7.92. The molecule has 22 heavy (non-hydrogen) atoms. The van der Waals surface area contributed by atoms with E-state index < -0.39 is 21.9 Å². The first-order valence-corrected chi connectivity index (χ1v) is 8.77. The van der Waals surface area contributed by atoms with Crippen LogP contribution in [0.2, 0.25) is 0 Å². The molecule has 0 N–H and O–H groups in total. The minimum atomic E-state index is -3.73. The number of carbonyl (C=O) groups excluding carboxylic acids is 1. The van der Waals surface area contributed by atoms with Crippen molar-refractivity contribution in [2.45, 2.75) is 13.0 Å². The third-order valence-corrected chi connectivity index (χ3v) is 4.69. The lowest BCUT2D eigenvalue weighted by Gasteiger charge is -2.34. The van der Waals surface area contributed by atoms with Crippen LogP contribution in [0.1, 0.15) is 6.92 Å². The fourth-order valence-electron chi connectivity index (χ4n) is 2.46. The molecular weight excluding hydrogens is 311 g/mol. The monoisotopic (exact) mass is 330 g/mol. The van der Waals surface area contributed by atoms with Crippen molar-refractivity contribution in [2.24, 2.45) is 0 Å². The summed E-state index contributed by atoms with van der Waals surface area (Å²) in [6, 6.07) is 4.25. The van der Waals surface area contributed by atoms with Crippen molar-refractivity contribution in [1.29, 1.82) is 0 Å². The summed E-state index contributed by atoms with van der Waals surface area (Å²) < 4.78 is 43.7. The van der Waals surface area contributed by atoms with Gasteiger partial charge in [0.15, 0.2) is 0 Å². The molecule has 1 fully saturated rings. The van der Waals surface area contributed by atoms with Gasteiger partial charge in [0.05, 0.1) is 25.2 Å². The summed E-state index contributed by atoms with van der Waals surface area (Å²) >= 11 is 0. The van der Waals surface area contributed by atoms with Gasteiger partial charge >= 0.3 is 0 Å². The van der Waals surface area contributed by atoms with Gasteiger partial charge in [-0.3, -0.25) is 9.10 Å². The molecule has 0 saturated carbocycles. The lowest BCUT2D eigenvalue weighted by Crippen LogP contribution is -2.52. The third kappa shape index (κ3) is 3.75. The van der Waals surface area contributed by atoms with Crippen molar-refractivity contribution in [3.63, 3.8) is 0 Å². The van der Waals surface area contributed by atoms with E-state index in [0.29, 0.717) is 26.3 Å². The molecule has 1 aliphatic rings. The van der Waals surface area contributed by atoms with Crippen LogP contribution in [0.15, 0.2) is 24.3 Å². The number of hydrogen-bond acceptors (Lipinski definition) is 4. The molecule has 1 saturated heterocycles. The van der Waals surface area contributed by atoms with Gasteiger partial charge in [-0.15, -0.1) is 0 Å². The summed E-state index contributed by atoms with van der Waals surface area (Å²) in [7, 11) is -3.73. The minimum absolute atomic E-state index is 0.136. The highest BCUT2D eigenvalue weighted by atomic mass is 32.2. The average molecular weight is 330 g/mol. The van der Waals surface area contributed by atoms with Crippen molar-refractivity contribution in [1.82, 2.24) is 4.90 Å². The molecular formula is C14H19FN2O4S. The Bertz CT molecular complexity index is 644. The third-order valence-electron chi connectivity index (χ3n) is 3.45. The van der Waals surface area contributed by atoms with Crippen LogP contribution in [0, 0.1) is 5.82 Å². The van der Waals surface area contributed by atoms with Crippen LogP contribution in [0.25, 0.3) is 0 Å². The number of rotatable bonds is 4. The molecule has 0 aromatic heterocycles. The Hall–Kier alpha value is -1.67. The molecule has 0 radical (unpaired) electrons. The summed E-state index contributed by atoms with van der Waals surface area (Å²) in [6.07, 6.45) is 1.00. The van der Waals surface area contributed by atoms with Crippen LogP contribution >= 0.6 is 0 Å². The number of ether oxygens (including phenoxy) is 1. The van der Waals surface area contributed by atoms with E-state index in [-0.39, 0.29) is 11.6 Å². The predicted molar refractivity (Wildman–Crippen MR) is 80.6 cm³/mol. The molecule has 6 nitrogen and oxygen atoms in total. The highest BCUT2D eigenvalue weighted by Gasteiger charge is 2.32. The van der Waals surface area contributed by atoms with Crippen LogP contribution in [-0.2, 0) is 19.6 Å². The maximum absolute atomic E-state index is 13.4. The van der Waals surface area contributed by atoms with Gasteiger partial charge in [0.2, 0.25) is 15.9 Å². The summed E-state index contributed by atoms with van der Waals surface area (Å²) in [4.78, 5) is 14.1. The lowest BCUT2D eigenvalue weighted by molar-refractivity contribution is -0.136. The first-order chi connectivity index (χ1) is 10.3. The molecule has 1 aliphatic heterocycles. The average Bonchev–Trinajstić information content (AvgIpc) is 2.46. The van der Waals surface area contributed by atoms with Gasteiger partial charge in [-0.2, -0.15) is 0 Å². The van der Waals surface area contributed by atoms with E-state index in [1.54, 1.807) is 4.90 Å². The van der Waals surface area contributed by atoms with Crippen LogP contribution < -0.4 is 4.31 Å². The van der Waals surface area contributed by atoms with Gasteiger partial charge in [-0.1, -0.05) is 6.07 Å². The van der Waals surface area contributed by atoms with E-state index in [9.17, 15) is 17.6 Å². The number of sulfonamides is 1. The molecule has 122 valence electrons. The Balaban J connectivity index is 2.31. The molecule has 0 bridgehead atoms. The van der Waals surface area contributed by atoms with E-state index in [2.05, 4.69) is 0 Å². The van der Waals surface area contributed by atoms with E-state index in [1.165, 1.54) is 25.1 Å². The summed E-state index contributed by atoms with van der Waals surface area (Å²) in [5.74, 6) is -0.879. The van der Waals surface area contributed by atoms with E-state index >= 15 is 0 Å². The molecule has 0 aliphatic carbocycles. The maximum Gasteiger partial charge on any atom is 0.246 e. The number of hydrogen-bond donors (Lipinski definition) is 0. The normalized spacial score (nSPS) is 17.1. The molecule has 1 heterocycles. The van der Waals surface area contributed by atoms with Crippen molar-refractivity contribution in [3.8, 4) is 0 Å². The number of benzene rings is 1. The Labute approximate surface area is 129 Å². The van der Waals surface area contributed by atoms with Gasteiger partial charge in [0, 0.05) is 13.1 Å². The first-order valence-electron chi connectivity index (χ1n) is 6.92. The molecule has 8 heteroatoms. The van der Waals surface area contributed by atoms with Crippen LogP contribution in [0.3, 0.4) is 0 Å². The molecule has 1 atom stereocenters. The number of nitrogens with zero attached hydrogens (tertiary/aromatic N) is 2. The number of carbonyl (C=O) groups is 1. The lowest BCUT2D eigenvalue weighted by atomic mass is 10.2. The fraction of sp³-hybridized carbons (Fsp3) is 0.500. The first kappa shape index (κ1) is 16.7. The van der Waals surface area contributed by atoms with Crippen molar-refractivity contribution >= 4 is 21.6 Å². The Morgan fingerprint density at radius 1 is 1.36 bits per heavy atom. The smallest absolute Gasteiger partial charge is 0.246 e. The fourth-order valence-corrected chi connectivity index (χ4v) is 3.62. The van der Waals surface area contributed by atoms with Gasteiger partial charge in [-0.25, -0.2) is 12.8 Å². The Morgan fingerprint density at radius 3 is 2.55 bits per heavy atom. The van der Waals surface area contributed by atoms with Gasteiger partial charge in [0.1, 0.15) is 11.9 Å². The largest absolute Gasteiger partial charge is 0.378 e. The zero-order valence-corrected chi connectivity index (χ0v) is 13.3. The number of halogens is 1. The standard InChI is InChI=1S/C14H19FN2O4S/c1-11(14(18)16-6-8-21-9-7-16)17(22(2,19)20)13-5-3-4-12(15)10-13/h3-5,10-11H,6-9H2,1-2H3. The second kappa shape index (κ2) is 6.62. The Kier molecular flexibility index (Phi) is 5.02. The summed E-state index contributed by atoms with van der Waals surface area (Å²) in [5, 5.41) is 0. The number of morpholine rings is 1. The second-order valence-electron chi connectivity index (χ2n) is 5.15. The maximum atomic E-state index is 13.4. The van der Waals surface area contributed by atoms with Gasteiger partial charge in [0.25, 0.3) is 0 Å². The molecule has 1 aromatic rings. The SMILES string of the molecule is CC(C(=O)N1CCOCC1)N(c1cccc(F)c1)S(C)(=O)=O. The van der Waals surface area contributed by atoms with Gasteiger partial charge in [-0.05, 0) is 25.1 Å². The summed E-state index contributed by atoms with van der Waals surface area (Å²) in [6.45, 7) is 3.20.